The highest BCUT2D eigenvalue weighted by Gasteiger charge is 2.38. The Morgan fingerprint density at radius 3 is 1.16 bits per heavy atom. The van der Waals surface area contributed by atoms with E-state index in [4.69, 9.17) is 24.4 Å². The van der Waals surface area contributed by atoms with Gasteiger partial charge in [0, 0.05) is 11.4 Å². The second-order valence-electron chi connectivity index (χ2n) is 18.9. The number of alkyl halides is 12. The van der Waals surface area contributed by atoms with Crippen molar-refractivity contribution in [1.82, 2.24) is 21.3 Å². The minimum Gasteiger partial charge on any atom is -0.356 e. The molecule has 7 N–H and O–H groups in total. The van der Waals surface area contributed by atoms with E-state index in [2.05, 4.69) is 43.8 Å². The van der Waals surface area contributed by atoms with E-state index in [-0.39, 0.29) is 35.4 Å². The number of anilines is 2. The molecule has 2 atom stereocenters. The van der Waals surface area contributed by atoms with Gasteiger partial charge in [0.2, 0.25) is 0 Å². The Kier molecular flexibility index (Phi) is 26.5. The lowest BCUT2D eigenvalue weighted by molar-refractivity contribution is -0.465. The summed E-state index contributed by atoms with van der Waals surface area (Å²) in [7, 11) is 0. The summed E-state index contributed by atoms with van der Waals surface area (Å²) in [6, 6.07) is 19.1. The van der Waals surface area contributed by atoms with Crippen LogP contribution in [-0.4, -0.2) is 47.9 Å². The van der Waals surface area contributed by atoms with Gasteiger partial charge < -0.3 is 21.3 Å². The summed E-state index contributed by atoms with van der Waals surface area (Å²) in [5.74, 6) is 0.416. The highest BCUT2D eigenvalue weighted by Crippen LogP contribution is 2.39. The molecule has 0 amide bonds. The molecule has 0 radical (unpaired) electrons. The van der Waals surface area contributed by atoms with Gasteiger partial charge in [-0.1, -0.05) is 164 Å². The molecular formula is C55H70F12N7S2+. The van der Waals surface area contributed by atoms with Crippen molar-refractivity contribution < 1.29 is 57.7 Å². The zero-order valence-electron chi connectivity index (χ0n) is 42.6. The van der Waals surface area contributed by atoms with Crippen LogP contribution in [-0.2, 0) is 37.5 Å². The van der Waals surface area contributed by atoms with E-state index in [0.717, 1.165) is 43.2 Å². The molecule has 0 saturated heterocycles. The summed E-state index contributed by atoms with van der Waals surface area (Å²) in [6.07, 6.45) is -0.625. The van der Waals surface area contributed by atoms with Gasteiger partial charge in [-0.05, 0) is 91.2 Å². The number of benzene rings is 4. The first-order chi connectivity index (χ1) is 36.0. The third kappa shape index (κ3) is 25.2. The Labute approximate surface area is 449 Å². The summed E-state index contributed by atoms with van der Waals surface area (Å²) in [5, 5.41) is 17.3. The van der Waals surface area contributed by atoms with Gasteiger partial charge in [-0.3, -0.25) is 15.6 Å². The molecule has 21 heteroatoms. The van der Waals surface area contributed by atoms with Crippen LogP contribution in [0.2, 0.25) is 0 Å². The molecule has 0 spiro atoms. The Hall–Kier alpha value is -5.31. The van der Waals surface area contributed by atoms with Gasteiger partial charge >= 0.3 is 30.7 Å². The molecule has 0 fully saturated rings. The van der Waals surface area contributed by atoms with E-state index in [1.165, 1.54) is 70.6 Å². The summed E-state index contributed by atoms with van der Waals surface area (Å²) >= 11 is 10.9. The fourth-order valence-corrected chi connectivity index (χ4v) is 9.00. The average Bonchev–Trinajstić information content (AvgIpc) is 3.34. The van der Waals surface area contributed by atoms with Crippen molar-refractivity contribution in [3.63, 3.8) is 0 Å². The molecule has 0 saturated carbocycles. The monoisotopic (exact) mass is 1120 g/mol. The van der Waals surface area contributed by atoms with E-state index in [9.17, 15) is 52.7 Å². The van der Waals surface area contributed by atoms with Crippen LogP contribution in [0.15, 0.2) is 97.1 Å². The van der Waals surface area contributed by atoms with Crippen LogP contribution >= 0.6 is 24.4 Å². The number of nitrogens with one attached hydrogen (secondary N) is 7. The topological polar surface area (TPSA) is 86.1 Å². The minimum atomic E-state index is -5.08. The number of hydrogen-bond donors (Lipinski definition) is 7. The Morgan fingerprint density at radius 2 is 0.789 bits per heavy atom. The normalized spacial score (nSPS) is 13.2. The van der Waals surface area contributed by atoms with Crippen molar-refractivity contribution in [3.05, 3.63) is 130 Å². The molecular weight excluding hydrogens is 1050 g/mol. The predicted molar refractivity (Wildman–Crippen MR) is 286 cm³/mol. The van der Waals surface area contributed by atoms with E-state index in [1.54, 1.807) is 36.4 Å². The van der Waals surface area contributed by atoms with Crippen molar-refractivity contribution >= 4 is 52.0 Å². The second kappa shape index (κ2) is 31.8. The minimum absolute atomic E-state index is 0.0223. The molecule has 0 aliphatic heterocycles. The fraction of sp³-hybridized carbons (Fsp3) is 0.509. The fourth-order valence-electron chi connectivity index (χ4n) is 8.43. The lowest BCUT2D eigenvalue weighted by Gasteiger charge is -2.22. The molecule has 0 unspecified atom stereocenters. The van der Waals surface area contributed by atoms with E-state index >= 15 is 0 Å². The number of unbranched alkanes of at least 4 members (excludes halogenated alkanes) is 15. The molecule has 4 rings (SSSR count). The highest BCUT2D eigenvalue weighted by atomic mass is 32.1. The van der Waals surface area contributed by atoms with Crippen LogP contribution in [0.4, 0.5) is 64.1 Å². The van der Waals surface area contributed by atoms with Gasteiger partial charge in [0.1, 0.15) is 0 Å². The maximum Gasteiger partial charge on any atom is 0.416 e. The maximum atomic E-state index is 13.7. The van der Waals surface area contributed by atoms with Crippen molar-refractivity contribution in [2.24, 2.45) is 0 Å². The van der Waals surface area contributed by atoms with Crippen molar-refractivity contribution in [3.8, 4) is 0 Å². The Balaban J connectivity index is 1.50. The number of guanidine groups is 1. The van der Waals surface area contributed by atoms with E-state index < -0.39 is 70.4 Å². The first kappa shape index (κ1) is 63.2. The molecule has 4 aromatic carbocycles. The lowest BCUT2D eigenvalue weighted by Crippen LogP contribution is -2.83. The van der Waals surface area contributed by atoms with Crippen LogP contribution in [0, 0.1) is 0 Å². The highest BCUT2D eigenvalue weighted by molar-refractivity contribution is 7.80. The van der Waals surface area contributed by atoms with E-state index in [1.807, 2.05) is 24.3 Å². The van der Waals surface area contributed by atoms with Gasteiger partial charge in [0.05, 0.1) is 54.0 Å². The van der Waals surface area contributed by atoms with Crippen molar-refractivity contribution in [2.45, 2.75) is 159 Å². The number of halogens is 12. The van der Waals surface area contributed by atoms with E-state index in [0.29, 0.717) is 49.6 Å². The number of thiocarbonyl (C=S) groups is 2. The number of hydrogen-bond acceptors (Lipinski definition) is 2. The van der Waals surface area contributed by atoms with Crippen molar-refractivity contribution in [2.75, 3.05) is 30.3 Å². The van der Waals surface area contributed by atoms with Gasteiger partial charge in [0.15, 0.2) is 10.2 Å². The van der Waals surface area contributed by atoms with Gasteiger partial charge in [-0.15, -0.1) is 0 Å². The maximum absolute atomic E-state index is 13.7. The SMILES string of the molecule is CCCCCCCCCCCCCCCCCCNC(NC[C@@H](Cc1ccccc1)NC(=S)Nc1cc(C(F)(F)F)cc(C(F)(F)F)c1)=[NH+]C[C@@H](Cc1ccccc1)NC(=S)Nc1cc(C(F)(F)F)cc(C(F)(F)F)c1. The summed E-state index contributed by atoms with van der Waals surface area (Å²) in [6.45, 7) is 2.92. The third-order valence-corrected chi connectivity index (χ3v) is 12.8. The molecule has 4 aromatic rings. The van der Waals surface area contributed by atoms with Crippen molar-refractivity contribution in [1.29, 1.82) is 0 Å². The van der Waals surface area contributed by atoms with Gasteiger partial charge in [-0.2, -0.15) is 52.7 Å². The summed E-state index contributed by atoms with van der Waals surface area (Å²) in [5.41, 5.74) is -5.46. The lowest BCUT2D eigenvalue weighted by atomic mass is 10.0. The Morgan fingerprint density at radius 1 is 0.447 bits per heavy atom. The third-order valence-electron chi connectivity index (χ3n) is 12.4. The summed E-state index contributed by atoms with van der Waals surface area (Å²) in [4.78, 5) is 3.33. The first-order valence-electron chi connectivity index (χ1n) is 25.9. The molecule has 0 aliphatic carbocycles. The largest absolute Gasteiger partial charge is 0.416 e. The summed E-state index contributed by atoms with van der Waals surface area (Å²) < 4.78 is 164. The average molecular weight is 1120 g/mol. The number of rotatable bonds is 29. The molecule has 0 aliphatic rings. The zero-order valence-corrected chi connectivity index (χ0v) is 44.2. The predicted octanol–water partition coefficient (Wildman–Crippen LogP) is 14.1. The smallest absolute Gasteiger partial charge is 0.356 e. The quantitative estimate of drug-likeness (QED) is 0.00952. The Bertz CT molecular complexity index is 2300. The van der Waals surface area contributed by atoms with Gasteiger partial charge in [0.25, 0.3) is 0 Å². The zero-order chi connectivity index (χ0) is 55.6. The molecule has 0 aromatic heterocycles. The van der Waals surface area contributed by atoms with Gasteiger partial charge in [-0.25, -0.2) is 0 Å². The molecule has 420 valence electrons. The molecule has 76 heavy (non-hydrogen) atoms. The molecule has 0 heterocycles. The molecule has 7 nitrogen and oxygen atoms in total. The molecule has 0 bridgehead atoms. The van der Waals surface area contributed by atoms with Crippen LogP contribution in [0.3, 0.4) is 0 Å². The second-order valence-corrected chi connectivity index (χ2v) is 19.7. The first-order valence-corrected chi connectivity index (χ1v) is 26.7. The standard InChI is InChI=1S/C55H69F12N7S2/c1-2-3-4-5-6-7-8-9-10-11-12-13-14-15-16-23-28-68-49(69-37-47(29-39-24-19-17-20-25-39)73-50(75)71-45-33-41(52(56,57)58)31-42(34-45)53(59,60)61)70-38-48(30-40-26-21-18-22-27-40)74-51(76)72-46-35-43(54(62,63)64)32-44(36-46)55(65,66)67/h17-22,24-27,31-36,47-48H,2-16,23,28-30,37-38H2,1H3,(H2,68,69,70)(H2,71,73,75)(H2,72,74,76)/p+1/t47-,48-/m1/s1. The van der Waals surface area contributed by atoms with Crippen LogP contribution < -0.4 is 36.9 Å². The van der Waals surface area contributed by atoms with Crippen LogP contribution in [0.25, 0.3) is 0 Å². The van der Waals surface area contributed by atoms with Crippen LogP contribution in [0.1, 0.15) is 143 Å². The van der Waals surface area contributed by atoms with Crippen LogP contribution in [0.5, 0.6) is 0 Å².